The minimum atomic E-state index is -1.95. The molecule has 0 saturated carbocycles. The molecule has 0 atom stereocenters. The molecule has 3 nitrogen and oxygen atoms in total. The van der Waals surface area contributed by atoms with E-state index in [9.17, 15) is 4.39 Å². The Morgan fingerprint density at radius 2 is 2.08 bits per heavy atom. The van der Waals surface area contributed by atoms with Gasteiger partial charge in [0.15, 0.2) is 0 Å². The van der Waals surface area contributed by atoms with E-state index in [1.807, 2.05) is 0 Å². The first kappa shape index (κ1) is 9.31. The van der Waals surface area contributed by atoms with Crippen LogP contribution in [-0.4, -0.2) is 17.4 Å². The normalized spacial score (nSPS) is 9.67. The lowest BCUT2D eigenvalue weighted by molar-refractivity contribution is 0.287. The molecule has 1 aromatic carbocycles. The third-order valence-electron chi connectivity index (χ3n) is 1.13. The summed E-state index contributed by atoms with van der Waals surface area (Å²) in [6.45, 7) is 0. The molecule has 0 aliphatic heterocycles. The van der Waals surface area contributed by atoms with Crippen molar-refractivity contribution in [2.24, 2.45) is 0 Å². The van der Waals surface area contributed by atoms with Crippen molar-refractivity contribution in [1.29, 1.82) is 0 Å². The average molecular weight is 190 g/mol. The molecule has 6 heteroatoms. The van der Waals surface area contributed by atoms with E-state index in [0.717, 1.165) is 6.07 Å². The molecule has 0 unspecified atom stereocenters. The number of hydrogen-bond donors (Lipinski definition) is 2. The summed E-state index contributed by atoms with van der Waals surface area (Å²) in [5, 5.41) is 16.6. The number of hydrogen-bond acceptors (Lipinski definition) is 3. The Labute approximate surface area is 73.5 Å². The highest BCUT2D eigenvalue weighted by Crippen LogP contribution is 2.20. The Kier molecular flexibility index (Phi) is 2.91. The Morgan fingerprint density at radius 1 is 1.42 bits per heavy atom. The lowest BCUT2D eigenvalue weighted by Gasteiger charge is -2.04. The van der Waals surface area contributed by atoms with Crippen LogP contribution in [0.5, 0.6) is 5.75 Å². The molecule has 0 fully saturated rings. The second-order valence-corrected chi connectivity index (χ2v) is 2.43. The van der Waals surface area contributed by atoms with Gasteiger partial charge in [-0.2, -0.15) is 0 Å². The van der Waals surface area contributed by atoms with Crippen LogP contribution in [0.1, 0.15) is 0 Å². The molecule has 1 rings (SSSR count). The first-order chi connectivity index (χ1) is 5.59. The Hall–Kier alpha value is -0.775. The van der Waals surface area contributed by atoms with E-state index in [1.54, 1.807) is 0 Å². The van der Waals surface area contributed by atoms with E-state index in [-0.39, 0.29) is 10.8 Å². The van der Waals surface area contributed by atoms with Crippen molar-refractivity contribution in [2.75, 3.05) is 0 Å². The summed E-state index contributed by atoms with van der Waals surface area (Å²) in [5.41, 5.74) is 0. The van der Waals surface area contributed by atoms with Gasteiger partial charge in [-0.3, -0.25) is 0 Å². The van der Waals surface area contributed by atoms with Crippen molar-refractivity contribution in [3.63, 3.8) is 0 Å². The topological polar surface area (TPSA) is 49.7 Å². The van der Waals surface area contributed by atoms with Crippen molar-refractivity contribution in [3.05, 3.63) is 29.0 Å². The molecule has 0 heterocycles. The van der Waals surface area contributed by atoms with Crippen LogP contribution in [0, 0.1) is 5.82 Å². The Balaban J connectivity index is 2.82. The van der Waals surface area contributed by atoms with Gasteiger partial charge in [0.2, 0.25) is 0 Å². The van der Waals surface area contributed by atoms with Gasteiger partial charge in [0.1, 0.15) is 11.6 Å². The van der Waals surface area contributed by atoms with Crippen molar-refractivity contribution >= 4 is 18.9 Å². The van der Waals surface area contributed by atoms with Crippen LogP contribution in [0.25, 0.3) is 0 Å². The molecule has 0 aliphatic rings. The third kappa shape index (κ3) is 2.37. The molecule has 64 valence electrons. The second kappa shape index (κ2) is 3.75. The van der Waals surface area contributed by atoms with Crippen molar-refractivity contribution in [1.82, 2.24) is 0 Å². The van der Waals surface area contributed by atoms with Crippen LogP contribution in [0.15, 0.2) is 18.2 Å². The molecule has 0 aromatic heterocycles. The molecular formula is C6H5BClFO3. The zero-order chi connectivity index (χ0) is 9.14. The maximum atomic E-state index is 12.7. The average Bonchev–Trinajstić information content (AvgIpc) is 1.96. The van der Waals surface area contributed by atoms with E-state index < -0.39 is 13.1 Å². The van der Waals surface area contributed by atoms with E-state index in [2.05, 4.69) is 4.65 Å². The molecule has 0 aliphatic carbocycles. The molecule has 0 spiro atoms. The Morgan fingerprint density at radius 3 is 2.58 bits per heavy atom. The van der Waals surface area contributed by atoms with E-state index in [4.69, 9.17) is 21.6 Å². The molecule has 0 saturated heterocycles. The number of rotatable bonds is 2. The molecular weight excluding hydrogens is 185 g/mol. The minimum absolute atomic E-state index is 0.00639. The van der Waals surface area contributed by atoms with Gasteiger partial charge in [-0.05, 0) is 12.1 Å². The van der Waals surface area contributed by atoms with E-state index in [1.165, 1.54) is 12.1 Å². The number of halogens is 2. The SMILES string of the molecule is OB(O)Oc1ccc(Cl)c(F)c1. The highest BCUT2D eigenvalue weighted by molar-refractivity contribution is 6.34. The van der Waals surface area contributed by atoms with E-state index >= 15 is 0 Å². The fraction of sp³-hybridized carbons (Fsp3) is 0. The van der Waals surface area contributed by atoms with Crippen molar-refractivity contribution < 1.29 is 19.1 Å². The van der Waals surface area contributed by atoms with Gasteiger partial charge < -0.3 is 14.7 Å². The van der Waals surface area contributed by atoms with Crippen LogP contribution in [-0.2, 0) is 0 Å². The van der Waals surface area contributed by atoms with Crippen LogP contribution < -0.4 is 4.65 Å². The van der Waals surface area contributed by atoms with Crippen LogP contribution in [0.2, 0.25) is 5.02 Å². The maximum Gasteiger partial charge on any atom is 0.707 e. The zero-order valence-electron chi connectivity index (χ0n) is 5.87. The Bertz CT molecular complexity index is 281. The van der Waals surface area contributed by atoms with Gasteiger partial charge >= 0.3 is 7.32 Å². The van der Waals surface area contributed by atoms with Gasteiger partial charge in [0.05, 0.1) is 5.02 Å². The van der Waals surface area contributed by atoms with Gasteiger partial charge in [-0.1, -0.05) is 11.6 Å². The fourth-order valence-electron chi connectivity index (χ4n) is 0.672. The maximum absolute atomic E-state index is 12.7. The smallest absolute Gasteiger partial charge is 0.512 e. The standard InChI is InChI=1S/C6H5BClFO3/c8-5-2-1-4(3-6(5)9)12-7(10)11/h1-3,10-11H. The van der Waals surface area contributed by atoms with Crippen LogP contribution >= 0.6 is 11.6 Å². The third-order valence-corrected chi connectivity index (χ3v) is 1.44. The van der Waals surface area contributed by atoms with E-state index in [0.29, 0.717) is 0 Å². The van der Waals surface area contributed by atoms with Gasteiger partial charge in [0, 0.05) is 6.07 Å². The highest BCUT2D eigenvalue weighted by Gasteiger charge is 2.11. The van der Waals surface area contributed by atoms with Crippen molar-refractivity contribution in [3.8, 4) is 5.75 Å². The molecule has 1 aromatic rings. The summed E-state index contributed by atoms with van der Waals surface area (Å²) in [6.07, 6.45) is 0. The quantitative estimate of drug-likeness (QED) is 0.679. The summed E-state index contributed by atoms with van der Waals surface area (Å²) in [7, 11) is -1.95. The van der Waals surface area contributed by atoms with Gasteiger partial charge in [-0.25, -0.2) is 4.39 Å². The first-order valence-electron chi connectivity index (χ1n) is 3.07. The largest absolute Gasteiger partial charge is 0.707 e. The zero-order valence-corrected chi connectivity index (χ0v) is 6.62. The summed E-state index contributed by atoms with van der Waals surface area (Å²) in [5.74, 6) is -0.665. The first-order valence-corrected chi connectivity index (χ1v) is 3.45. The van der Waals surface area contributed by atoms with Gasteiger partial charge in [-0.15, -0.1) is 0 Å². The monoisotopic (exact) mass is 190 g/mol. The summed E-state index contributed by atoms with van der Waals surface area (Å²) < 4.78 is 17.0. The molecule has 0 bridgehead atoms. The summed E-state index contributed by atoms with van der Waals surface area (Å²) >= 11 is 5.36. The molecule has 12 heavy (non-hydrogen) atoms. The predicted octanol–water partition coefficient (Wildman–Crippen LogP) is 0.827. The fourth-order valence-corrected chi connectivity index (χ4v) is 0.789. The molecule has 2 N–H and O–H groups in total. The lowest BCUT2D eigenvalue weighted by Crippen LogP contribution is -2.20. The second-order valence-electron chi connectivity index (χ2n) is 2.02. The molecule has 0 amide bonds. The minimum Gasteiger partial charge on any atom is -0.512 e. The molecule has 0 radical (unpaired) electrons. The predicted molar refractivity (Wildman–Crippen MR) is 42.2 cm³/mol. The summed E-state index contributed by atoms with van der Waals surface area (Å²) in [4.78, 5) is 0. The van der Waals surface area contributed by atoms with Gasteiger partial charge in [0.25, 0.3) is 0 Å². The lowest BCUT2D eigenvalue weighted by atomic mass is 10.2. The summed E-state index contributed by atoms with van der Waals surface area (Å²) in [6, 6.07) is 3.54. The van der Waals surface area contributed by atoms with Crippen LogP contribution in [0.3, 0.4) is 0 Å². The van der Waals surface area contributed by atoms with Crippen LogP contribution in [0.4, 0.5) is 4.39 Å². The number of benzene rings is 1. The van der Waals surface area contributed by atoms with Crippen molar-refractivity contribution in [2.45, 2.75) is 0 Å². The highest BCUT2D eigenvalue weighted by atomic mass is 35.5.